The molecule has 0 radical (unpaired) electrons. The molecule has 0 fully saturated rings. The largest absolute Gasteiger partial charge is 0.462 e. The number of benzene rings is 4. The van der Waals surface area contributed by atoms with Gasteiger partial charge in [-0.2, -0.15) is 0 Å². The van der Waals surface area contributed by atoms with E-state index in [9.17, 15) is 8.78 Å². The van der Waals surface area contributed by atoms with Gasteiger partial charge in [-0.15, -0.1) is 0 Å². The summed E-state index contributed by atoms with van der Waals surface area (Å²) in [5, 5.41) is 0. The highest BCUT2D eigenvalue weighted by molar-refractivity contribution is 6.84. The summed E-state index contributed by atoms with van der Waals surface area (Å²) in [6, 6.07) is 34.8. The first-order valence-electron chi connectivity index (χ1n) is 16.0. The summed E-state index contributed by atoms with van der Waals surface area (Å²) in [4.78, 5) is 0. The summed E-state index contributed by atoms with van der Waals surface area (Å²) in [5.41, 5.74) is 11.5. The van der Waals surface area contributed by atoms with E-state index in [0.29, 0.717) is 0 Å². The number of hydrogen-bond donors (Lipinski definition) is 0. The Morgan fingerprint density at radius 1 is 0.511 bits per heavy atom. The van der Waals surface area contributed by atoms with Crippen molar-refractivity contribution in [1.29, 1.82) is 0 Å². The molecule has 0 amide bonds. The van der Waals surface area contributed by atoms with E-state index in [4.69, 9.17) is 8.83 Å². The fraction of sp³-hybridized carbons (Fsp3) is 0.143. The summed E-state index contributed by atoms with van der Waals surface area (Å²) in [5.74, 6) is 3.01. The molecule has 2 aliphatic rings. The zero-order valence-electron chi connectivity index (χ0n) is 26.8. The Bertz CT molecular complexity index is 2060. The fourth-order valence-electron chi connectivity index (χ4n) is 7.94. The van der Waals surface area contributed by atoms with E-state index in [-0.39, 0.29) is 22.7 Å². The maximum Gasteiger partial charge on any atom is 0.130 e. The van der Waals surface area contributed by atoms with Gasteiger partial charge in [0.2, 0.25) is 0 Å². The number of furan rings is 2. The van der Waals surface area contributed by atoms with Crippen molar-refractivity contribution in [1.82, 2.24) is 0 Å². The van der Waals surface area contributed by atoms with Crippen LogP contribution < -0.4 is 0 Å². The van der Waals surface area contributed by atoms with Gasteiger partial charge in [-0.05, 0) is 119 Å². The van der Waals surface area contributed by atoms with Crippen molar-refractivity contribution >= 4 is 31.4 Å². The van der Waals surface area contributed by atoms with Gasteiger partial charge in [-0.25, -0.2) is 8.78 Å². The van der Waals surface area contributed by atoms with Crippen molar-refractivity contribution in [2.75, 3.05) is 0 Å². The van der Waals surface area contributed by atoms with Crippen LogP contribution in [0.2, 0.25) is 13.1 Å². The van der Waals surface area contributed by atoms with E-state index in [0.717, 1.165) is 56.4 Å². The molecular formula is C42H34F2O2Si. The molecule has 2 nitrogen and oxygen atoms in total. The maximum absolute atomic E-state index is 14.0. The molecule has 0 saturated carbocycles. The first-order valence-corrected chi connectivity index (χ1v) is 19.2. The highest BCUT2D eigenvalue weighted by Gasteiger charge is 2.50. The molecule has 2 heterocycles. The lowest BCUT2D eigenvalue weighted by Crippen LogP contribution is -2.42. The van der Waals surface area contributed by atoms with E-state index in [1.807, 2.05) is 50.2 Å². The number of allylic oxidation sites excluding steroid dienone is 2. The summed E-state index contributed by atoms with van der Waals surface area (Å²) >= 11 is 0. The van der Waals surface area contributed by atoms with Gasteiger partial charge in [0.25, 0.3) is 0 Å². The number of halogens is 2. The van der Waals surface area contributed by atoms with Gasteiger partial charge < -0.3 is 8.83 Å². The van der Waals surface area contributed by atoms with Crippen molar-refractivity contribution in [2.24, 2.45) is 0 Å². The molecule has 8 rings (SSSR count). The molecule has 232 valence electrons. The Balaban J connectivity index is 1.34. The Hall–Kier alpha value is -5.00. The van der Waals surface area contributed by atoms with Crippen LogP contribution in [-0.4, -0.2) is 8.07 Å². The minimum Gasteiger partial charge on any atom is -0.462 e. The molecule has 0 spiro atoms. The van der Waals surface area contributed by atoms with Crippen LogP contribution in [0.4, 0.5) is 8.78 Å². The standard InChI is InChI=1S/C42H34F2O2Si/c1-25-11-21-39(45-25)37-23-35-31(27-13-17-29(43)18-14-27)7-5-9-33(35)41(37)47(3,4)42-34-10-6-8-32(28-15-19-30(44)20-16-28)36(34)24-38(42)40-22-12-26(2)46-40/h5-24,41-42H,1-4H3. The van der Waals surface area contributed by atoms with Crippen molar-refractivity contribution < 1.29 is 17.6 Å². The van der Waals surface area contributed by atoms with Gasteiger partial charge >= 0.3 is 0 Å². The molecule has 0 saturated heterocycles. The normalized spacial score (nSPS) is 17.0. The minimum atomic E-state index is -2.46. The molecule has 5 heteroatoms. The lowest BCUT2D eigenvalue weighted by Gasteiger charge is -2.39. The quantitative estimate of drug-likeness (QED) is 0.170. The first kappa shape index (κ1) is 29.4. The molecule has 2 aliphatic carbocycles. The van der Waals surface area contributed by atoms with Crippen LogP contribution in [0.5, 0.6) is 0 Å². The lowest BCUT2D eigenvalue weighted by atomic mass is 9.97. The smallest absolute Gasteiger partial charge is 0.130 e. The van der Waals surface area contributed by atoms with E-state index in [2.05, 4.69) is 73.8 Å². The topological polar surface area (TPSA) is 26.3 Å². The van der Waals surface area contributed by atoms with Gasteiger partial charge in [-0.3, -0.25) is 0 Å². The second-order valence-corrected chi connectivity index (χ2v) is 18.1. The molecule has 6 aromatic rings. The van der Waals surface area contributed by atoms with E-state index >= 15 is 0 Å². The van der Waals surface area contributed by atoms with Crippen LogP contribution in [0.3, 0.4) is 0 Å². The summed E-state index contributed by atoms with van der Waals surface area (Å²) in [7, 11) is -2.46. The monoisotopic (exact) mass is 636 g/mol. The number of rotatable bonds is 6. The number of hydrogen-bond acceptors (Lipinski definition) is 2. The average molecular weight is 637 g/mol. The number of fused-ring (bicyclic) bond motifs is 2. The lowest BCUT2D eigenvalue weighted by molar-refractivity contribution is 0.519. The number of aryl methyl sites for hydroxylation is 2. The minimum absolute atomic E-state index is 0.0911. The average Bonchev–Trinajstić information content (AvgIpc) is 3.86. The van der Waals surface area contributed by atoms with Crippen LogP contribution in [0.15, 0.2) is 118 Å². The van der Waals surface area contributed by atoms with Crippen molar-refractivity contribution in [3.8, 4) is 22.3 Å². The molecule has 0 N–H and O–H groups in total. The fourth-order valence-corrected chi connectivity index (χ4v) is 12.4. The van der Waals surface area contributed by atoms with Gasteiger partial charge in [0, 0.05) is 22.2 Å². The van der Waals surface area contributed by atoms with E-state index in [1.165, 1.54) is 46.5 Å². The third-order valence-corrected chi connectivity index (χ3v) is 14.2. The SMILES string of the molecule is Cc1ccc(C2=Cc3c(-c4ccc(F)cc4)cccc3C2[Si](C)(C)C2C(c3ccc(C)o3)=Cc3c(-c4ccc(F)cc4)cccc32)o1. The Morgan fingerprint density at radius 3 is 1.28 bits per heavy atom. The first-order chi connectivity index (χ1) is 22.7. The van der Waals surface area contributed by atoms with Crippen LogP contribution in [0, 0.1) is 25.5 Å². The van der Waals surface area contributed by atoms with Crippen molar-refractivity contribution in [2.45, 2.75) is 38.0 Å². The summed E-state index contributed by atoms with van der Waals surface area (Å²) in [6.45, 7) is 8.93. The molecule has 2 aromatic heterocycles. The maximum atomic E-state index is 14.0. The van der Waals surface area contributed by atoms with Crippen LogP contribution in [0.25, 0.3) is 45.6 Å². The summed E-state index contributed by atoms with van der Waals surface area (Å²) < 4.78 is 40.6. The van der Waals surface area contributed by atoms with Gasteiger partial charge in [-0.1, -0.05) is 73.8 Å². The Morgan fingerprint density at radius 2 is 0.915 bits per heavy atom. The van der Waals surface area contributed by atoms with E-state index in [1.54, 1.807) is 0 Å². The Labute approximate surface area is 274 Å². The van der Waals surface area contributed by atoms with Crippen molar-refractivity contribution in [3.05, 3.63) is 166 Å². The zero-order valence-corrected chi connectivity index (χ0v) is 27.8. The molecule has 0 aliphatic heterocycles. The molecule has 2 atom stereocenters. The predicted octanol–water partition coefficient (Wildman–Crippen LogP) is 11.9. The second kappa shape index (κ2) is 11.1. The van der Waals surface area contributed by atoms with Crippen LogP contribution in [-0.2, 0) is 0 Å². The molecule has 4 aromatic carbocycles. The molecule has 0 bridgehead atoms. The van der Waals surface area contributed by atoms with E-state index < -0.39 is 8.07 Å². The van der Waals surface area contributed by atoms with Gasteiger partial charge in [0.1, 0.15) is 34.7 Å². The van der Waals surface area contributed by atoms with Crippen LogP contribution >= 0.6 is 0 Å². The summed E-state index contributed by atoms with van der Waals surface area (Å²) in [6.07, 6.45) is 4.61. The van der Waals surface area contributed by atoms with Crippen molar-refractivity contribution in [3.63, 3.8) is 0 Å². The Kier molecular flexibility index (Phi) is 6.92. The molecule has 47 heavy (non-hydrogen) atoms. The molecular weight excluding hydrogens is 603 g/mol. The predicted molar refractivity (Wildman–Crippen MR) is 189 cm³/mol. The highest BCUT2D eigenvalue weighted by Crippen LogP contribution is 2.58. The molecule has 2 unspecified atom stereocenters. The third kappa shape index (κ3) is 4.88. The third-order valence-electron chi connectivity index (χ3n) is 9.97. The van der Waals surface area contributed by atoms with Gasteiger partial charge in [0.05, 0.1) is 8.07 Å². The highest BCUT2D eigenvalue weighted by atomic mass is 28.3. The second-order valence-electron chi connectivity index (χ2n) is 13.3. The zero-order chi connectivity index (χ0) is 32.4. The van der Waals surface area contributed by atoms with Gasteiger partial charge in [0.15, 0.2) is 0 Å². The van der Waals surface area contributed by atoms with Crippen LogP contribution in [0.1, 0.15) is 56.4 Å².